The van der Waals surface area contributed by atoms with Gasteiger partial charge in [0.15, 0.2) is 0 Å². The molecule has 0 atom stereocenters. The molecular formula is C19H34O5. The minimum absolute atomic E-state index is 0.117. The number of esters is 1. The van der Waals surface area contributed by atoms with E-state index in [0.717, 1.165) is 25.5 Å². The smallest absolute Gasteiger partial charge is 0.305 e. The molecule has 0 rings (SSSR count). The molecule has 0 saturated heterocycles. The van der Waals surface area contributed by atoms with Crippen molar-refractivity contribution in [2.75, 3.05) is 6.61 Å². The Kier molecular flexibility index (Phi) is 16.9. The molecule has 0 radical (unpaired) electrons. The van der Waals surface area contributed by atoms with Crippen molar-refractivity contribution in [2.24, 2.45) is 0 Å². The number of carbonyl (C=O) groups excluding carboxylic acids is 2. The number of carboxylic acids is 1. The second-order valence-electron chi connectivity index (χ2n) is 6.31. The molecule has 140 valence electrons. The van der Waals surface area contributed by atoms with Gasteiger partial charge in [0.2, 0.25) is 0 Å². The largest absolute Gasteiger partial charge is 0.481 e. The number of ether oxygens (including phenoxy) is 1. The summed E-state index contributed by atoms with van der Waals surface area (Å²) in [6.07, 6.45) is 14.9. The summed E-state index contributed by atoms with van der Waals surface area (Å²) in [4.78, 5) is 31.9. The summed E-state index contributed by atoms with van der Waals surface area (Å²) >= 11 is 0. The highest BCUT2D eigenvalue weighted by Crippen LogP contribution is 2.11. The number of hydrogen-bond acceptors (Lipinski definition) is 4. The molecule has 5 heteroatoms. The minimum Gasteiger partial charge on any atom is -0.481 e. The third kappa shape index (κ3) is 18.7. The van der Waals surface area contributed by atoms with Crippen molar-refractivity contribution in [3.8, 4) is 0 Å². The van der Waals surface area contributed by atoms with Crippen LogP contribution in [0.2, 0.25) is 0 Å². The fourth-order valence-electron chi connectivity index (χ4n) is 2.55. The molecule has 0 saturated carbocycles. The molecule has 0 unspecified atom stereocenters. The molecule has 0 amide bonds. The minimum atomic E-state index is -0.818. The van der Waals surface area contributed by atoms with Gasteiger partial charge in [-0.15, -0.1) is 0 Å². The lowest BCUT2D eigenvalue weighted by Crippen LogP contribution is -2.06. The van der Waals surface area contributed by atoms with E-state index < -0.39 is 5.97 Å². The molecule has 24 heavy (non-hydrogen) atoms. The van der Waals surface area contributed by atoms with Crippen molar-refractivity contribution in [2.45, 2.75) is 96.3 Å². The summed E-state index contributed by atoms with van der Waals surface area (Å²) in [5, 5.41) is 8.49. The predicted molar refractivity (Wildman–Crippen MR) is 93.9 cm³/mol. The van der Waals surface area contributed by atoms with Gasteiger partial charge in [-0.05, 0) is 25.7 Å². The van der Waals surface area contributed by atoms with Gasteiger partial charge in [-0.3, -0.25) is 9.59 Å². The number of hydrogen-bond donors (Lipinski definition) is 1. The molecule has 0 aromatic heterocycles. The highest BCUT2D eigenvalue weighted by Gasteiger charge is 2.04. The van der Waals surface area contributed by atoms with Crippen LogP contribution in [0.5, 0.6) is 0 Å². The fraction of sp³-hybridized carbons (Fsp3) is 0.842. The van der Waals surface area contributed by atoms with Gasteiger partial charge in [0, 0.05) is 19.3 Å². The fourth-order valence-corrected chi connectivity index (χ4v) is 2.55. The van der Waals surface area contributed by atoms with Crippen LogP contribution in [0.4, 0.5) is 0 Å². The van der Waals surface area contributed by atoms with Crippen molar-refractivity contribution < 1.29 is 24.2 Å². The quantitative estimate of drug-likeness (QED) is 0.222. The van der Waals surface area contributed by atoms with E-state index in [1.165, 1.54) is 44.9 Å². The normalized spacial score (nSPS) is 10.5. The van der Waals surface area contributed by atoms with Gasteiger partial charge in [-0.25, -0.2) is 0 Å². The van der Waals surface area contributed by atoms with Crippen molar-refractivity contribution >= 4 is 18.2 Å². The summed E-state index contributed by atoms with van der Waals surface area (Å²) in [7, 11) is 0. The topological polar surface area (TPSA) is 80.7 Å². The van der Waals surface area contributed by atoms with Gasteiger partial charge in [0.05, 0.1) is 6.61 Å². The molecule has 5 nitrogen and oxygen atoms in total. The Morgan fingerprint density at radius 2 is 1.21 bits per heavy atom. The lowest BCUT2D eigenvalue weighted by molar-refractivity contribution is -0.144. The molecular weight excluding hydrogens is 308 g/mol. The van der Waals surface area contributed by atoms with E-state index in [4.69, 9.17) is 9.84 Å². The lowest BCUT2D eigenvalue weighted by Gasteiger charge is -2.05. The second-order valence-corrected chi connectivity index (χ2v) is 6.31. The Morgan fingerprint density at radius 1 is 0.708 bits per heavy atom. The molecule has 0 aliphatic rings. The van der Waals surface area contributed by atoms with Gasteiger partial charge < -0.3 is 14.6 Å². The number of carboxylic acid groups (broad SMARTS) is 1. The van der Waals surface area contributed by atoms with Crippen LogP contribution in [0.3, 0.4) is 0 Å². The Balaban J connectivity index is 3.15. The van der Waals surface area contributed by atoms with Crippen LogP contribution in [0.1, 0.15) is 96.3 Å². The monoisotopic (exact) mass is 342 g/mol. The van der Waals surface area contributed by atoms with E-state index in [-0.39, 0.29) is 12.4 Å². The van der Waals surface area contributed by atoms with Crippen molar-refractivity contribution in [3.05, 3.63) is 0 Å². The third-order valence-corrected chi connectivity index (χ3v) is 4.00. The number of unbranched alkanes of at least 4 members (excludes halogenated alkanes) is 11. The lowest BCUT2D eigenvalue weighted by atomic mass is 10.1. The summed E-state index contributed by atoms with van der Waals surface area (Å²) in [6.45, 7) is 0.481. The number of carbonyl (C=O) groups is 3. The van der Waals surface area contributed by atoms with E-state index in [1.807, 2.05) is 0 Å². The first-order valence-corrected chi connectivity index (χ1v) is 9.48. The van der Waals surface area contributed by atoms with Crippen LogP contribution in [-0.4, -0.2) is 29.9 Å². The van der Waals surface area contributed by atoms with Crippen molar-refractivity contribution in [3.63, 3.8) is 0 Å². The second kappa shape index (κ2) is 18.0. The first kappa shape index (κ1) is 22.6. The number of aldehydes is 1. The Hall–Kier alpha value is -1.39. The highest BCUT2D eigenvalue weighted by atomic mass is 16.5. The maximum absolute atomic E-state index is 11.4. The van der Waals surface area contributed by atoms with Gasteiger partial charge in [0.1, 0.15) is 6.29 Å². The zero-order valence-corrected chi connectivity index (χ0v) is 15.0. The van der Waals surface area contributed by atoms with Gasteiger partial charge >= 0.3 is 11.9 Å². The van der Waals surface area contributed by atoms with Crippen molar-refractivity contribution in [1.29, 1.82) is 0 Å². The summed E-state index contributed by atoms with van der Waals surface area (Å²) in [5.41, 5.74) is 0. The molecule has 0 aliphatic heterocycles. The molecule has 0 bridgehead atoms. The summed E-state index contributed by atoms with van der Waals surface area (Å²) < 4.78 is 5.13. The molecule has 0 spiro atoms. The van der Waals surface area contributed by atoms with Gasteiger partial charge in [-0.1, -0.05) is 51.4 Å². The Bertz CT molecular complexity index is 328. The SMILES string of the molecule is O=CCCCCCCCCCCCCOC(=O)CCCCC(=O)O. The van der Waals surface area contributed by atoms with Crippen LogP contribution in [0, 0.1) is 0 Å². The van der Waals surface area contributed by atoms with E-state index >= 15 is 0 Å². The first-order valence-electron chi connectivity index (χ1n) is 9.48. The number of rotatable bonds is 18. The van der Waals surface area contributed by atoms with Gasteiger partial charge in [-0.2, -0.15) is 0 Å². The van der Waals surface area contributed by atoms with Crippen LogP contribution < -0.4 is 0 Å². The van der Waals surface area contributed by atoms with E-state index in [1.54, 1.807) is 0 Å². The van der Waals surface area contributed by atoms with E-state index in [2.05, 4.69) is 0 Å². The molecule has 0 fully saturated rings. The third-order valence-electron chi connectivity index (χ3n) is 4.00. The summed E-state index contributed by atoms with van der Waals surface area (Å²) in [6, 6.07) is 0. The molecule has 0 heterocycles. The average molecular weight is 342 g/mol. The average Bonchev–Trinajstić information content (AvgIpc) is 2.55. The van der Waals surface area contributed by atoms with Crippen LogP contribution in [0.25, 0.3) is 0 Å². The van der Waals surface area contributed by atoms with E-state index in [0.29, 0.717) is 32.3 Å². The molecule has 0 aromatic rings. The summed E-state index contributed by atoms with van der Waals surface area (Å²) in [5.74, 6) is -1.03. The molecule has 1 N–H and O–H groups in total. The molecule has 0 aliphatic carbocycles. The highest BCUT2D eigenvalue weighted by molar-refractivity contribution is 5.69. The van der Waals surface area contributed by atoms with Crippen molar-refractivity contribution in [1.82, 2.24) is 0 Å². The van der Waals surface area contributed by atoms with E-state index in [9.17, 15) is 14.4 Å². The maximum atomic E-state index is 11.4. The van der Waals surface area contributed by atoms with Crippen LogP contribution >= 0.6 is 0 Å². The number of aliphatic carboxylic acids is 1. The maximum Gasteiger partial charge on any atom is 0.305 e. The Labute approximate surface area is 146 Å². The van der Waals surface area contributed by atoms with Gasteiger partial charge in [0.25, 0.3) is 0 Å². The first-order chi connectivity index (χ1) is 11.7. The standard InChI is InChI=1S/C19H34O5/c20-16-12-8-6-4-2-1-3-5-7-9-13-17-24-19(23)15-11-10-14-18(21)22/h16H,1-15,17H2,(H,21,22). The van der Waals surface area contributed by atoms with Crippen LogP contribution in [-0.2, 0) is 19.1 Å². The Morgan fingerprint density at radius 3 is 1.75 bits per heavy atom. The zero-order valence-electron chi connectivity index (χ0n) is 15.0. The zero-order chi connectivity index (χ0) is 17.9. The van der Waals surface area contributed by atoms with Crippen LogP contribution in [0.15, 0.2) is 0 Å². The molecule has 0 aromatic carbocycles. The predicted octanol–water partition coefficient (Wildman–Crippen LogP) is 4.66.